The van der Waals surface area contributed by atoms with E-state index in [2.05, 4.69) is 33.9 Å². The van der Waals surface area contributed by atoms with E-state index in [0.717, 1.165) is 44.2 Å². The number of sulfonamides is 1. The predicted molar refractivity (Wildman–Crippen MR) is 152 cm³/mol. The van der Waals surface area contributed by atoms with Gasteiger partial charge in [0.15, 0.2) is 0 Å². The predicted octanol–water partition coefficient (Wildman–Crippen LogP) is 3.73. The molecule has 4 heterocycles. The number of para-hydroxylation sites is 1. The second-order valence-electron chi connectivity index (χ2n) is 10.1. The van der Waals surface area contributed by atoms with Crippen molar-refractivity contribution in [3.05, 3.63) is 56.6 Å². The van der Waals surface area contributed by atoms with E-state index < -0.39 is 16.1 Å². The summed E-state index contributed by atoms with van der Waals surface area (Å²) in [4.78, 5) is 33.0. The van der Waals surface area contributed by atoms with E-state index in [1.807, 2.05) is 4.90 Å². The first-order valence-electron chi connectivity index (χ1n) is 13.2. The molecule has 0 bridgehead atoms. The first-order chi connectivity index (χ1) is 18.3. The van der Waals surface area contributed by atoms with Crippen LogP contribution in [0.5, 0.6) is 0 Å². The lowest BCUT2D eigenvalue weighted by molar-refractivity contribution is -0.143. The van der Waals surface area contributed by atoms with Gasteiger partial charge >= 0.3 is 0 Å². The van der Waals surface area contributed by atoms with Crippen molar-refractivity contribution in [1.82, 2.24) is 14.5 Å². The summed E-state index contributed by atoms with van der Waals surface area (Å²) in [5.74, 6) is -0.412. The molecule has 2 aromatic rings. The summed E-state index contributed by atoms with van der Waals surface area (Å²) >= 11 is 7.17. The third kappa shape index (κ3) is 6.42. The Bertz CT molecular complexity index is 1310. The molecule has 2 saturated heterocycles. The maximum Gasteiger partial charge on any atom is 0.242 e. The smallest absolute Gasteiger partial charge is 0.242 e. The van der Waals surface area contributed by atoms with Crippen LogP contribution >= 0.6 is 22.9 Å². The lowest BCUT2D eigenvalue weighted by Gasteiger charge is -2.37. The van der Waals surface area contributed by atoms with Crippen molar-refractivity contribution in [2.75, 3.05) is 37.6 Å². The molecule has 0 radical (unpaired) electrons. The highest BCUT2D eigenvalue weighted by atomic mass is 35.5. The Morgan fingerprint density at radius 3 is 2.66 bits per heavy atom. The molecule has 38 heavy (non-hydrogen) atoms. The van der Waals surface area contributed by atoms with E-state index in [0.29, 0.717) is 35.1 Å². The molecular weight excluding hydrogens is 544 g/mol. The van der Waals surface area contributed by atoms with Crippen LogP contribution < -0.4 is 9.62 Å². The van der Waals surface area contributed by atoms with Crippen molar-refractivity contribution in [1.29, 1.82) is 0 Å². The highest BCUT2D eigenvalue weighted by Gasteiger charge is 2.36. The molecule has 1 N–H and O–H groups in total. The lowest BCUT2D eigenvalue weighted by Crippen LogP contribution is -2.55. The zero-order valence-corrected chi connectivity index (χ0v) is 23.6. The SMILES string of the molecule is O=C1[C@@H](NS(=O)(=O)C=Cc2ccc(Cl)s2)CCCN1CC(=O)N1CCC[C@H]1CN1CCCc2ccccc21. The van der Waals surface area contributed by atoms with Gasteiger partial charge < -0.3 is 14.7 Å². The van der Waals surface area contributed by atoms with Crippen LogP contribution in [-0.2, 0) is 26.0 Å². The van der Waals surface area contributed by atoms with Gasteiger partial charge in [-0.2, -0.15) is 4.72 Å². The van der Waals surface area contributed by atoms with Crippen LogP contribution in [0.4, 0.5) is 5.69 Å². The molecule has 0 spiro atoms. The third-order valence-corrected chi connectivity index (χ3v) is 9.81. The Morgan fingerprint density at radius 2 is 1.84 bits per heavy atom. The minimum absolute atomic E-state index is 0.0202. The Hall–Kier alpha value is -2.40. The first kappa shape index (κ1) is 27.2. The summed E-state index contributed by atoms with van der Waals surface area (Å²) in [6.07, 6.45) is 6.58. The fourth-order valence-corrected chi connectivity index (χ4v) is 7.75. The number of carbonyl (C=O) groups is 2. The summed E-state index contributed by atoms with van der Waals surface area (Å²) in [7, 11) is -3.84. The number of amides is 2. The zero-order chi connectivity index (χ0) is 26.7. The number of carbonyl (C=O) groups excluding carboxylic acids is 2. The molecule has 0 unspecified atom stereocenters. The number of benzene rings is 1. The van der Waals surface area contributed by atoms with Crippen LogP contribution in [0.1, 0.15) is 42.5 Å². The standard InChI is InChI=1S/C27H33ClN4O4S2/c28-25-12-11-22(37-25)13-17-38(35,36)29-23-9-5-15-31(27(23)34)19-26(33)32-16-4-8-21(32)18-30-14-3-7-20-6-1-2-10-24(20)30/h1-2,6,10-13,17,21,23,29H,3-5,7-9,14-16,18-19H2/t21-,23-/m0/s1. The molecule has 0 aliphatic carbocycles. The van der Waals surface area contributed by atoms with Crippen LogP contribution in [0, 0.1) is 0 Å². The van der Waals surface area contributed by atoms with Gasteiger partial charge in [0, 0.05) is 48.2 Å². The zero-order valence-electron chi connectivity index (χ0n) is 21.2. The summed E-state index contributed by atoms with van der Waals surface area (Å²) < 4.78 is 28.3. The largest absolute Gasteiger partial charge is 0.369 e. The van der Waals surface area contributed by atoms with Crippen molar-refractivity contribution in [2.45, 2.75) is 50.6 Å². The molecule has 1 aromatic heterocycles. The molecule has 5 rings (SSSR count). The lowest BCUT2D eigenvalue weighted by atomic mass is 10.0. The molecule has 3 aliphatic heterocycles. The van der Waals surface area contributed by atoms with E-state index in [9.17, 15) is 18.0 Å². The van der Waals surface area contributed by atoms with Crippen LogP contribution in [-0.4, -0.2) is 74.8 Å². The number of anilines is 1. The van der Waals surface area contributed by atoms with Crippen molar-refractivity contribution >= 4 is 56.5 Å². The molecule has 11 heteroatoms. The minimum atomic E-state index is -3.84. The van der Waals surface area contributed by atoms with E-state index in [1.54, 1.807) is 12.1 Å². The van der Waals surface area contributed by atoms with Crippen LogP contribution in [0.15, 0.2) is 41.8 Å². The fraction of sp³-hybridized carbons (Fsp3) is 0.481. The summed E-state index contributed by atoms with van der Waals surface area (Å²) in [5, 5.41) is 1.06. The number of fused-ring (bicyclic) bond motifs is 1. The fourth-order valence-electron chi connectivity index (χ4n) is 5.68. The van der Waals surface area contributed by atoms with Gasteiger partial charge in [0.1, 0.15) is 6.04 Å². The highest BCUT2D eigenvalue weighted by molar-refractivity contribution is 7.92. The van der Waals surface area contributed by atoms with Gasteiger partial charge in [0.25, 0.3) is 0 Å². The molecule has 8 nitrogen and oxygen atoms in total. The van der Waals surface area contributed by atoms with Gasteiger partial charge in [0.05, 0.1) is 10.9 Å². The molecule has 3 aliphatic rings. The molecule has 1 aromatic carbocycles. The minimum Gasteiger partial charge on any atom is -0.369 e. The van der Waals surface area contributed by atoms with Gasteiger partial charge in [-0.15, -0.1) is 11.3 Å². The summed E-state index contributed by atoms with van der Waals surface area (Å²) in [6.45, 7) is 2.89. The second kappa shape index (κ2) is 11.8. The van der Waals surface area contributed by atoms with Crippen molar-refractivity contribution < 1.29 is 18.0 Å². The van der Waals surface area contributed by atoms with Gasteiger partial charge in [-0.05, 0) is 68.4 Å². The van der Waals surface area contributed by atoms with Crippen molar-refractivity contribution in [2.24, 2.45) is 0 Å². The van der Waals surface area contributed by atoms with Crippen LogP contribution in [0.3, 0.4) is 0 Å². The van der Waals surface area contributed by atoms with Crippen molar-refractivity contribution in [3.63, 3.8) is 0 Å². The Labute approximate surface area is 233 Å². The number of halogens is 1. The van der Waals surface area contributed by atoms with Gasteiger partial charge in [-0.3, -0.25) is 9.59 Å². The number of likely N-dealkylation sites (tertiary alicyclic amines) is 2. The molecule has 2 atom stereocenters. The van der Waals surface area contributed by atoms with E-state index in [-0.39, 0.29) is 24.4 Å². The quantitative estimate of drug-likeness (QED) is 0.517. The number of nitrogens with zero attached hydrogens (tertiary/aromatic N) is 3. The Morgan fingerprint density at radius 1 is 1.05 bits per heavy atom. The molecule has 2 amide bonds. The topological polar surface area (TPSA) is 90.0 Å². The number of thiophene rings is 1. The van der Waals surface area contributed by atoms with Crippen LogP contribution in [0.25, 0.3) is 6.08 Å². The van der Waals surface area contributed by atoms with Gasteiger partial charge in [-0.25, -0.2) is 8.42 Å². The van der Waals surface area contributed by atoms with E-state index >= 15 is 0 Å². The number of hydrogen-bond donors (Lipinski definition) is 1. The highest BCUT2D eigenvalue weighted by Crippen LogP contribution is 2.29. The first-order valence-corrected chi connectivity index (χ1v) is 15.9. The number of piperidine rings is 1. The van der Waals surface area contributed by atoms with E-state index in [1.165, 1.54) is 33.6 Å². The van der Waals surface area contributed by atoms with Gasteiger partial charge in [0.2, 0.25) is 21.8 Å². The summed E-state index contributed by atoms with van der Waals surface area (Å²) in [5.41, 5.74) is 2.62. The Kier molecular flexibility index (Phi) is 8.42. The van der Waals surface area contributed by atoms with Crippen molar-refractivity contribution in [3.8, 4) is 0 Å². The number of rotatable bonds is 8. The molecule has 2 fully saturated rings. The number of nitrogens with one attached hydrogen (secondary N) is 1. The van der Waals surface area contributed by atoms with Crippen LogP contribution in [0.2, 0.25) is 4.34 Å². The average molecular weight is 577 g/mol. The maximum atomic E-state index is 13.4. The molecule has 204 valence electrons. The Balaban J connectivity index is 1.19. The summed E-state index contributed by atoms with van der Waals surface area (Å²) in [6, 6.07) is 11.1. The average Bonchev–Trinajstić information content (AvgIpc) is 3.54. The van der Waals surface area contributed by atoms with E-state index in [4.69, 9.17) is 11.6 Å². The number of aryl methyl sites for hydroxylation is 1. The van der Waals surface area contributed by atoms with Gasteiger partial charge in [-0.1, -0.05) is 29.8 Å². The molecular formula is C27H33ClN4O4S2. The second-order valence-corrected chi connectivity index (χ2v) is 13.5. The monoisotopic (exact) mass is 576 g/mol. The number of hydrogen-bond acceptors (Lipinski definition) is 6. The normalized spacial score (nSPS) is 22.3. The molecule has 0 saturated carbocycles. The third-order valence-electron chi connectivity index (χ3n) is 7.50. The maximum absolute atomic E-state index is 13.4.